The summed E-state index contributed by atoms with van der Waals surface area (Å²) in [5.41, 5.74) is 5.27. The molecule has 0 heterocycles. The zero-order chi connectivity index (χ0) is 12.1. The van der Waals surface area contributed by atoms with Crippen molar-refractivity contribution in [2.24, 2.45) is 17.6 Å². The number of amides is 1. The molecule has 3 heteroatoms. The lowest BCUT2D eigenvalue weighted by atomic mass is 9.95. The van der Waals surface area contributed by atoms with Gasteiger partial charge in [0.1, 0.15) is 0 Å². The molecule has 0 bridgehead atoms. The maximum atomic E-state index is 11.6. The molecule has 1 atom stereocenters. The van der Waals surface area contributed by atoms with Crippen molar-refractivity contribution in [1.82, 2.24) is 5.32 Å². The summed E-state index contributed by atoms with van der Waals surface area (Å²) in [7, 11) is 0. The Bertz CT molecular complexity index is 200. The minimum absolute atomic E-state index is 0.110. The van der Waals surface area contributed by atoms with E-state index in [9.17, 15) is 4.79 Å². The molecule has 0 radical (unpaired) electrons. The number of hydrogen-bond acceptors (Lipinski definition) is 2. The van der Waals surface area contributed by atoms with Gasteiger partial charge in [-0.3, -0.25) is 4.79 Å². The molecule has 0 aliphatic rings. The van der Waals surface area contributed by atoms with Gasteiger partial charge in [0.2, 0.25) is 5.91 Å². The predicted octanol–water partition coefficient (Wildman–Crippen LogP) is 1.91. The largest absolute Gasteiger partial charge is 0.350 e. The smallest absolute Gasteiger partial charge is 0.220 e. The molecule has 3 nitrogen and oxygen atoms in total. The van der Waals surface area contributed by atoms with Crippen LogP contribution in [0.2, 0.25) is 0 Å². The molecule has 3 N–H and O–H groups in total. The SMILES string of the molecule is CC(C)CC(C)CC(=O)NC(C)(C)CN. The lowest BCUT2D eigenvalue weighted by Gasteiger charge is -2.25. The summed E-state index contributed by atoms with van der Waals surface area (Å²) in [6.07, 6.45) is 1.69. The van der Waals surface area contributed by atoms with E-state index < -0.39 is 0 Å². The van der Waals surface area contributed by atoms with Crippen molar-refractivity contribution in [3.8, 4) is 0 Å². The Morgan fingerprint density at radius 1 is 1.33 bits per heavy atom. The fourth-order valence-electron chi connectivity index (χ4n) is 1.68. The van der Waals surface area contributed by atoms with Gasteiger partial charge in [-0.2, -0.15) is 0 Å². The highest BCUT2D eigenvalue weighted by molar-refractivity contribution is 5.76. The van der Waals surface area contributed by atoms with E-state index in [1.54, 1.807) is 0 Å². The Balaban J connectivity index is 3.93. The van der Waals surface area contributed by atoms with Crippen LogP contribution in [0.4, 0.5) is 0 Å². The molecule has 0 saturated heterocycles. The molecule has 0 saturated carbocycles. The van der Waals surface area contributed by atoms with E-state index in [1.165, 1.54) is 0 Å². The number of nitrogens with two attached hydrogens (primary N) is 1. The monoisotopic (exact) mass is 214 g/mol. The van der Waals surface area contributed by atoms with Crippen molar-refractivity contribution in [2.75, 3.05) is 6.54 Å². The number of hydrogen-bond donors (Lipinski definition) is 2. The van der Waals surface area contributed by atoms with Crippen LogP contribution in [0.25, 0.3) is 0 Å². The quantitative estimate of drug-likeness (QED) is 0.709. The highest BCUT2D eigenvalue weighted by Gasteiger charge is 2.19. The van der Waals surface area contributed by atoms with Crippen molar-refractivity contribution in [3.05, 3.63) is 0 Å². The maximum absolute atomic E-state index is 11.6. The summed E-state index contributed by atoms with van der Waals surface area (Å²) >= 11 is 0. The molecule has 0 rings (SSSR count). The van der Waals surface area contributed by atoms with Gasteiger partial charge in [-0.05, 0) is 32.1 Å². The van der Waals surface area contributed by atoms with Gasteiger partial charge in [0.15, 0.2) is 0 Å². The standard InChI is InChI=1S/C12H26N2O/c1-9(2)6-10(3)7-11(15)14-12(4,5)8-13/h9-10H,6-8,13H2,1-5H3,(H,14,15). The van der Waals surface area contributed by atoms with E-state index in [0.717, 1.165) is 6.42 Å². The van der Waals surface area contributed by atoms with Crippen LogP contribution in [0, 0.1) is 11.8 Å². The van der Waals surface area contributed by atoms with Crippen LogP contribution in [-0.2, 0) is 4.79 Å². The van der Waals surface area contributed by atoms with Gasteiger partial charge >= 0.3 is 0 Å². The lowest BCUT2D eigenvalue weighted by Crippen LogP contribution is -2.49. The summed E-state index contributed by atoms with van der Waals surface area (Å²) in [4.78, 5) is 11.6. The van der Waals surface area contributed by atoms with E-state index in [-0.39, 0.29) is 11.4 Å². The first-order valence-corrected chi connectivity index (χ1v) is 5.78. The number of carbonyl (C=O) groups excluding carboxylic acids is 1. The maximum Gasteiger partial charge on any atom is 0.220 e. The highest BCUT2D eigenvalue weighted by atomic mass is 16.1. The Hall–Kier alpha value is -0.570. The van der Waals surface area contributed by atoms with E-state index in [1.807, 2.05) is 13.8 Å². The molecule has 1 amide bonds. The first-order valence-electron chi connectivity index (χ1n) is 5.78. The van der Waals surface area contributed by atoms with Gasteiger partial charge in [-0.1, -0.05) is 20.8 Å². The van der Waals surface area contributed by atoms with Crippen molar-refractivity contribution in [2.45, 2.75) is 53.0 Å². The van der Waals surface area contributed by atoms with Gasteiger partial charge in [0, 0.05) is 18.5 Å². The van der Waals surface area contributed by atoms with Crippen LogP contribution in [0.5, 0.6) is 0 Å². The van der Waals surface area contributed by atoms with Crippen molar-refractivity contribution in [3.63, 3.8) is 0 Å². The third-order valence-corrected chi connectivity index (χ3v) is 2.40. The van der Waals surface area contributed by atoms with Crippen LogP contribution in [0.3, 0.4) is 0 Å². The highest BCUT2D eigenvalue weighted by Crippen LogP contribution is 2.14. The summed E-state index contributed by atoms with van der Waals surface area (Å²) in [6.45, 7) is 10.8. The molecule has 0 spiro atoms. The minimum Gasteiger partial charge on any atom is -0.350 e. The van der Waals surface area contributed by atoms with Crippen LogP contribution < -0.4 is 11.1 Å². The molecule has 0 fully saturated rings. The van der Waals surface area contributed by atoms with Gasteiger partial charge in [0.05, 0.1) is 0 Å². The molecule has 0 aliphatic carbocycles. The number of carbonyl (C=O) groups is 1. The van der Waals surface area contributed by atoms with E-state index in [4.69, 9.17) is 5.73 Å². The zero-order valence-corrected chi connectivity index (χ0v) is 10.8. The molecule has 1 unspecified atom stereocenters. The fourth-order valence-corrected chi connectivity index (χ4v) is 1.68. The lowest BCUT2D eigenvalue weighted by molar-refractivity contribution is -0.123. The van der Waals surface area contributed by atoms with Crippen LogP contribution in [0.15, 0.2) is 0 Å². The summed E-state index contributed by atoms with van der Waals surface area (Å²) in [6, 6.07) is 0. The van der Waals surface area contributed by atoms with Gasteiger partial charge < -0.3 is 11.1 Å². The second-order valence-electron chi connectivity index (χ2n) is 5.58. The second-order valence-corrected chi connectivity index (χ2v) is 5.58. The topological polar surface area (TPSA) is 55.1 Å². The van der Waals surface area contributed by atoms with E-state index in [0.29, 0.717) is 24.8 Å². The Morgan fingerprint density at radius 3 is 2.27 bits per heavy atom. The number of nitrogens with one attached hydrogen (secondary N) is 1. The predicted molar refractivity (Wildman–Crippen MR) is 64.5 cm³/mol. The first kappa shape index (κ1) is 14.4. The van der Waals surface area contributed by atoms with Crippen molar-refractivity contribution < 1.29 is 4.79 Å². The van der Waals surface area contributed by atoms with Crippen LogP contribution >= 0.6 is 0 Å². The normalized spacial score (nSPS) is 14.1. The fraction of sp³-hybridized carbons (Fsp3) is 0.917. The van der Waals surface area contributed by atoms with E-state index in [2.05, 4.69) is 26.1 Å². The van der Waals surface area contributed by atoms with E-state index >= 15 is 0 Å². The van der Waals surface area contributed by atoms with Crippen LogP contribution in [0.1, 0.15) is 47.5 Å². The molecule has 15 heavy (non-hydrogen) atoms. The second kappa shape index (κ2) is 6.11. The van der Waals surface area contributed by atoms with Gasteiger partial charge in [-0.15, -0.1) is 0 Å². The third kappa shape index (κ3) is 7.37. The zero-order valence-electron chi connectivity index (χ0n) is 10.8. The average Bonchev–Trinajstić information content (AvgIpc) is 2.00. The molecule has 0 aliphatic heterocycles. The van der Waals surface area contributed by atoms with Gasteiger partial charge in [0.25, 0.3) is 0 Å². The molecule has 0 aromatic rings. The Labute approximate surface area is 93.8 Å². The van der Waals surface area contributed by atoms with Crippen LogP contribution in [-0.4, -0.2) is 18.0 Å². The molecule has 0 aromatic heterocycles. The number of rotatable bonds is 6. The Kier molecular flexibility index (Phi) is 5.88. The third-order valence-electron chi connectivity index (χ3n) is 2.40. The molecule has 0 aromatic carbocycles. The van der Waals surface area contributed by atoms with Gasteiger partial charge in [-0.25, -0.2) is 0 Å². The summed E-state index contributed by atoms with van der Waals surface area (Å²) < 4.78 is 0. The summed E-state index contributed by atoms with van der Waals surface area (Å²) in [5.74, 6) is 1.20. The Morgan fingerprint density at radius 2 is 1.87 bits per heavy atom. The minimum atomic E-state index is -0.283. The molecular weight excluding hydrogens is 188 g/mol. The van der Waals surface area contributed by atoms with Crippen molar-refractivity contribution in [1.29, 1.82) is 0 Å². The average molecular weight is 214 g/mol. The first-order chi connectivity index (χ1) is 6.76. The van der Waals surface area contributed by atoms with Crippen molar-refractivity contribution >= 4 is 5.91 Å². The molecular formula is C12H26N2O. The summed E-state index contributed by atoms with van der Waals surface area (Å²) in [5, 5.41) is 2.95. The molecule has 90 valence electrons.